The molecule has 0 saturated heterocycles. The van der Waals surface area contributed by atoms with Crippen LogP contribution in [-0.4, -0.2) is 96.7 Å². The molecule has 0 aromatic carbocycles. The first-order chi connectivity index (χ1) is 45.8. The molecular weight excluding hydrogens is 1250 g/mol. The average molecular weight is 1400 g/mol. The van der Waals surface area contributed by atoms with Crippen LogP contribution in [0.1, 0.15) is 389 Å². The smallest absolute Gasteiger partial charge is 0.462 e. The summed E-state index contributed by atoms with van der Waals surface area (Å²) in [6.07, 6.45) is 52.8. The molecule has 0 spiro atoms. The maximum atomic E-state index is 13.1. The zero-order valence-electron chi connectivity index (χ0n) is 62.1. The zero-order valence-corrected chi connectivity index (χ0v) is 63.9. The summed E-state index contributed by atoms with van der Waals surface area (Å²) in [5, 5.41) is 10.6. The molecule has 0 heterocycles. The van der Waals surface area contributed by atoms with E-state index in [2.05, 4.69) is 48.5 Å². The van der Waals surface area contributed by atoms with Crippen LogP contribution in [0.4, 0.5) is 0 Å². The number of esters is 4. The van der Waals surface area contributed by atoms with Gasteiger partial charge in [0, 0.05) is 25.7 Å². The van der Waals surface area contributed by atoms with Crippen molar-refractivity contribution in [3.63, 3.8) is 0 Å². The molecule has 564 valence electrons. The van der Waals surface area contributed by atoms with Crippen LogP contribution in [0.5, 0.6) is 0 Å². The van der Waals surface area contributed by atoms with E-state index < -0.39 is 97.5 Å². The van der Waals surface area contributed by atoms with Gasteiger partial charge in [0.05, 0.1) is 26.4 Å². The molecule has 0 amide bonds. The molecule has 0 aliphatic rings. The fraction of sp³-hybridized carbons (Fsp3) is 0.947. The lowest BCUT2D eigenvalue weighted by atomic mass is 9.99. The maximum absolute atomic E-state index is 13.1. The molecule has 17 nitrogen and oxygen atoms in total. The number of phosphoric acid groups is 2. The molecule has 0 aromatic heterocycles. The lowest BCUT2D eigenvalue weighted by Crippen LogP contribution is -2.30. The summed E-state index contributed by atoms with van der Waals surface area (Å²) in [5.41, 5.74) is 0. The fourth-order valence-electron chi connectivity index (χ4n) is 11.6. The second-order valence-corrected chi connectivity index (χ2v) is 31.5. The number of aliphatic hydroxyl groups excluding tert-OH is 1. The first-order valence-electron chi connectivity index (χ1n) is 39.4. The van der Waals surface area contributed by atoms with Crippen LogP contribution in [0, 0.1) is 17.8 Å². The molecule has 0 fully saturated rings. The maximum Gasteiger partial charge on any atom is 0.472 e. The van der Waals surface area contributed by atoms with E-state index in [1.54, 1.807) is 0 Å². The topological polar surface area (TPSA) is 237 Å². The van der Waals surface area contributed by atoms with Gasteiger partial charge in [0.1, 0.15) is 19.3 Å². The minimum absolute atomic E-state index is 0.106. The SMILES string of the molecule is CCCCCCCCCCCCCC(=O)O[C@H](COC(=O)CCCCCCCCCC(C)C)COP(=O)(O)OC[C@H](O)COP(=O)(O)OC[C@@H](COC(=O)CCCCCCCCCCCC(C)C)OC(=O)CCCCCCCCCCCCCCCCCCCCC(C)CC. The molecule has 0 rings (SSSR count). The summed E-state index contributed by atoms with van der Waals surface area (Å²) in [6.45, 7) is 11.9. The lowest BCUT2D eigenvalue weighted by Gasteiger charge is -2.21. The Hall–Kier alpha value is -1.94. The Morgan fingerprint density at radius 1 is 0.305 bits per heavy atom. The molecule has 19 heteroatoms. The Labute approximate surface area is 581 Å². The van der Waals surface area contributed by atoms with Gasteiger partial charge in [-0.05, 0) is 43.4 Å². The van der Waals surface area contributed by atoms with Gasteiger partial charge in [-0.15, -0.1) is 0 Å². The third-order valence-corrected chi connectivity index (χ3v) is 19.9. The summed E-state index contributed by atoms with van der Waals surface area (Å²) in [4.78, 5) is 72.7. The fourth-order valence-corrected chi connectivity index (χ4v) is 13.1. The molecule has 0 aliphatic carbocycles. The summed E-state index contributed by atoms with van der Waals surface area (Å²) in [6, 6.07) is 0. The van der Waals surface area contributed by atoms with Crippen molar-refractivity contribution in [1.82, 2.24) is 0 Å². The van der Waals surface area contributed by atoms with Crippen LogP contribution in [0.25, 0.3) is 0 Å². The summed E-state index contributed by atoms with van der Waals surface area (Å²) >= 11 is 0. The third-order valence-electron chi connectivity index (χ3n) is 18.0. The molecule has 0 bridgehead atoms. The number of rotatable bonds is 74. The number of hydrogen-bond donors (Lipinski definition) is 3. The molecule has 3 unspecified atom stereocenters. The van der Waals surface area contributed by atoms with Gasteiger partial charge >= 0.3 is 39.5 Å². The van der Waals surface area contributed by atoms with Crippen molar-refractivity contribution in [2.75, 3.05) is 39.6 Å². The van der Waals surface area contributed by atoms with Gasteiger partial charge in [0.25, 0.3) is 0 Å². The molecule has 0 aliphatic heterocycles. The van der Waals surface area contributed by atoms with E-state index in [0.717, 1.165) is 108 Å². The molecule has 0 aromatic rings. The van der Waals surface area contributed by atoms with Crippen molar-refractivity contribution in [1.29, 1.82) is 0 Å². The van der Waals surface area contributed by atoms with Crippen molar-refractivity contribution >= 4 is 39.5 Å². The van der Waals surface area contributed by atoms with E-state index in [1.165, 1.54) is 193 Å². The first kappa shape index (κ1) is 93.1. The number of aliphatic hydroxyl groups is 1. The number of carbonyl (C=O) groups excluding carboxylic acids is 4. The lowest BCUT2D eigenvalue weighted by molar-refractivity contribution is -0.161. The van der Waals surface area contributed by atoms with Crippen LogP contribution >= 0.6 is 15.6 Å². The van der Waals surface area contributed by atoms with Gasteiger partial charge in [-0.2, -0.15) is 0 Å². The van der Waals surface area contributed by atoms with Gasteiger partial charge in [0.15, 0.2) is 12.2 Å². The van der Waals surface area contributed by atoms with Gasteiger partial charge in [0.2, 0.25) is 0 Å². The summed E-state index contributed by atoms with van der Waals surface area (Å²) in [5.74, 6) is 0.200. The number of ether oxygens (including phenoxy) is 4. The second-order valence-electron chi connectivity index (χ2n) is 28.6. The summed E-state index contributed by atoms with van der Waals surface area (Å²) < 4.78 is 68.4. The predicted octanol–water partition coefficient (Wildman–Crippen LogP) is 22.2. The van der Waals surface area contributed by atoms with Crippen LogP contribution < -0.4 is 0 Å². The number of unbranched alkanes of at least 4 members (excludes halogenated alkanes) is 41. The van der Waals surface area contributed by atoms with Crippen molar-refractivity contribution in [2.24, 2.45) is 17.8 Å². The quantitative estimate of drug-likeness (QED) is 0.0222. The van der Waals surface area contributed by atoms with E-state index in [-0.39, 0.29) is 25.7 Å². The first-order valence-corrected chi connectivity index (χ1v) is 42.4. The van der Waals surface area contributed by atoms with Crippen molar-refractivity contribution < 1.29 is 80.2 Å². The van der Waals surface area contributed by atoms with Crippen LogP contribution in [-0.2, 0) is 65.4 Å². The Kier molecular flexibility index (Phi) is 65.2. The van der Waals surface area contributed by atoms with Crippen LogP contribution in [0.3, 0.4) is 0 Å². The number of carbonyl (C=O) groups is 4. The highest BCUT2D eigenvalue weighted by Gasteiger charge is 2.30. The second kappa shape index (κ2) is 66.6. The van der Waals surface area contributed by atoms with Gasteiger partial charge in [-0.25, -0.2) is 9.13 Å². The Bertz CT molecular complexity index is 1850. The normalized spacial score (nSPS) is 14.4. The van der Waals surface area contributed by atoms with Gasteiger partial charge in [-0.3, -0.25) is 37.3 Å². The van der Waals surface area contributed by atoms with E-state index in [9.17, 15) is 43.2 Å². The highest BCUT2D eigenvalue weighted by atomic mass is 31.2. The zero-order chi connectivity index (χ0) is 70.1. The van der Waals surface area contributed by atoms with Crippen molar-refractivity contribution in [3.8, 4) is 0 Å². The molecular formula is C76H148O17P2. The van der Waals surface area contributed by atoms with E-state index in [1.807, 2.05) is 0 Å². The standard InChI is InChI=1S/C76H148O17P2/c1-8-10-11-12-13-14-23-29-37-45-52-59-75(80)93-72(64-87-74(79)58-51-44-39-32-34-41-48-55-68(5)6)66-91-95(84,85)89-62-70(77)61-88-94(82,83)90-65-71(63-86-73(78)57-50-43-36-31-26-27-33-40-47-54-67(3)4)92-76(81)60-53-46-38-30-25-22-20-18-16-15-17-19-21-24-28-35-42-49-56-69(7)9-2/h67-72,77H,8-66H2,1-7H3,(H,82,83)(H,84,85)/t69?,70-,71-,72-/m1/s1. The molecule has 95 heavy (non-hydrogen) atoms. The highest BCUT2D eigenvalue weighted by Crippen LogP contribution is 2.45. The summed E-state index contributed by atoms with van der Waals surface area (Å²) in [7, 11) is -9.91. The Morgan fingerprint density at radius 3 is 0.800 bits per heavy atom. The number of phosphoric ester groups is 2. The van der Waals surface area contributed by atoms with Crippen LogP contribution in [0.15, 0.2) is 0 Å². The van der Waals surface area contributed by atoms with E-state index in [4.69, 9.17) is 37.0 Å². The van der Waals surface area contributed by atoms with Crippen molar-refractivity contribution in [2.45, 2.75) is 407 Å². The van der Waals surface area contributed by atoms with Crippen molar-refractivity contribution in [3.05, 3.63) is 0 Å². The minimum atomic E-state index is -4.96. The minimum Gasteiger partial charge on any atom is -0.462 e. The molecule has 0 radical (unpaired) electrons. The van der Waals surface area contributed by atoms with Crippen LogP contribution in [0.2, 0.25) is 0 Å². The average Bonchev–Trinajstić information content (AvgIpc) is 1.32. The Balaban J connectivity index is 5.17. The van der Waals surface area contributed by atoms with E-state index in [0.29, 0.717) is 31.6 Å². The highest BCUT2D eigenvalue weighted by molar-refractivity contribution is 7.47. The molecule has 6 atom stereocenters. The van der Waals surface area contributed by atoms with Gasteiger partial charge in [-0.1, -0.05) is 337 Å². The Morgan fingerprint density at radius 2 is 0.537 bits per heavy atom. The predicted molar refractivity (Wildman–Crippen MR) is 386 cm³/mol. The molecule has 3 N–H and O–H groups in total. The number of hydrogen-bond acceptors (Lipinski definition) is 15. The van der Waals surface area contributed by atoms with Gasteiger partial charge < -0.3 is 33.8 Å². The monoisotopic (exact) mass is 1400 g/mol. The third kappa shape index (κ3) is 69.0. The molecule has 0 saturated carbocycles. The van der Waals surface area contributed by atoms with E-state index >= 15 is 0 Å². The largest absolute Gasteiger partial charge is 0.472 e.